The molecular weight excluding hydrogens is 340 g/mol. The van der Waals surface area contributed by atoms with Gasteiger partial charge < -0.3 is 9.47 Å². The van der Waals surface area contributed by atoms with E-state index >= 15 is 0 Å². The van der Waals surface area contributed by atoms with Gasteiger partial charge in [0.25, 0.3) is 11.8 Å². The van der Waals surface area contributed by atoms with Crippen molar-refractivity contribution in [1.29, 1.82) is 0 Å². The first kappa shape index (κ1) is 18.7. The van der Waals surface area contributed by atoms with E-state index in [9.17, 15) is 9.59 Å². The number of amides is 2. The average Bonchev–Trinajstić information content (AvgIpc) is 2.65. The van der Waals surface area contributed by atoms with Crippen LogP contribution in [0.1, 0.15) is 17.3 Å². The van der Waals surface area contributed by atoms with Gasteiger partial charge in [0.1, 0.15) is 11.5 Å². The summed E-state index contributed by atoms with van der Waals surface area (Å²) in [6.45, 7) is 1.77. The second-order valence-electron chi connectivity index (χ2n) is 5.12. The van der Waals surface area contributed by atoms with Gasteiger partial charge in [0.2, 0.25) is 0 Å². The molecule has 132 valence electrons. The first-order chi connectivity index (χ1) is 12.0. The lowest BCUT2D eigenvalue weighted by Gasteiger charge is -2.13. The Hall–Kier alpha value is -2.67. The molecule has 0 bridgehead atoms. The summed E-state index contributed by atoms with van der Waals surface area (Å²) in [6.07, 6.45) is 0. The Bertz CT molecular complexity index is 715. The second kappa shape index (κ2) is 8.98. The number of thioether (sulfide) groups is 1. The number of methoxy groups -OCH3 is 2. The normalized spacial score (nSPS) is 11.3. The molecule has 0 heterocycles. The van der Waals surface area contributed by atoms with Crippen molar-refractivity contribution in [3.8, 4) is 11.5 Å². The first-order valence-electron chi connectivity index (χ1n) is 7.58. The van der Waals surface area contributed by atoms with Crippen LogP contribution in [-0.2, 0) is 4.79 Å². The summed E-state index contributed by atoms with van der Waals surface area (Å²) < 4.78 is 10.3. The Morgan fingerprint density at radius 3 is 2.12 bits per heavy atom. The van der Waals surface area contributed by atoms with E-state index in [0.717, 1.165) is 4.90 Å². The number of ether oxygens (including phenoxy) is 2. The van der Waals surface area contributed by atoms with Crippen molar-refractivity contribution in [2.45, 2.75) is 17.1 Å². The fourth-order valence-electron chi connectivity index (χ4n) is 1.99. The van der Waals surface area contributed by atoms with Gasteiger partial charge in [0.15, 0.2) is 0 Å². The quantitative estimate of drug-likeness (QED) is 0.612. The molecule has 0 aliphatic rings. The molecule has 2 aromatic carbocycles. The number of carbonyl (C=O) groups is 2. The third-order valence-corrected chi connectivity index (χ3v) is 4.45. The lowest BCUT2D eigenvalue weighted by molar-refractivity contribution is -0.121. The molecule has 0 unspecified atom stereocenters. The van der Waals surface area contributed by atoms with Crippen LogP contribution in [0.2, 0.25) is 0 Å². The molecule has 25 heavy (non-hydrogen) atoms. The molecular formula is C18H20N2O4S. The van der Waals surface area contributed by atoms with Gasteiger partial charge >= 0.3 is 0 Å². The van der Waals surface area contributed by atoms with Gasteiger partial charge in [-0.3, -0.25) is 20.4 Å². The van der Waals surface area contributed by atoms with Gasteiger partial charge in [-0.25, -0.2) is 0 Å². The highest BCUT2D eigenvalue weighted by Crippen LogP contribution is 2.23. The van der Waals surface area contributed by atoms with E-state index in [2.05, 4.69) is 10.9 Å². The molecule has 1 atom stereocenters. The highest BCUT2D eigenvalue weighted by Gasteiger charge is 2.16. The first-order valence-corrected chi connectivity index (χ1v) is 8.46. The van der Waals surface area contributed by atoms with Gasteiger partial charge in [-0.1, -0.05) is 18.2 Å². The van der Waals surface area contributed by atoms with E-state index in [4.69, 9.17) is 9.47 Å². The molecule has 0 aromatic heterocycles. The van der Waals surface area contributed by atoms with Crippen LogP contribution in [-0.4, -0.2) is 31.3 Å². The molecule has 0 fully saturated rings. The van der Waals surface area contributed by atoms with Crippen molar-refractivity contribution in [2.24, 2.45) is 0 Å². The van der Waals surface area contributed by atoms with E-state index in [1.165, 1.54) is 26.0 Å². The summed E-state index contributed by atoms with van der Waals surface area (Å²) in [4.78, 5) is 25.3. The topological polar surface area (TPSA) is 76.7 Å². The van der Waals surface area contributed by atoms with Crippen molar-refractivity contribution < 1.29 is 19.1 Å². The Morgan fingerprint density at radius 2 is 1.56 bits per heavy atom. The number of hydrazine groups is 1. The highest BCUT2D eigenvalue weighted by molar-refractivity contribution is 8.00. The van der Waals surface area contributed by atoms with Crippen molar-refractivity contribution in [3.63, 3.8) is 0 Å². The van der Waals surface area contributed by atoms with Gasteiger partial charge in [0, 0.05) is 16.5 Å². The fourth-order valence-corrected chi connectivity index (χ4v) is 2.88. The summed E-state index contributed by atoms with van der Waals surface area (Å²) >= 11 is 1.41. The maximum Gasteiger partial charge on any atom is 0.269 e. The molecule has 2 rings (SSSR count). The molecule has 0 aliphatic heterocycles. The Morgan fingerprint density at radius 1 is 0.960 bits per heavy atom. The summed E-state index contributed by atoms with van der Waals surface area (Å²) in [7, 11) is 3.00. The summed E-state index contributed by atoms with van der Waals surface area (Å²) in [6, 6.07) is 14.4. The monoisotopic (exact) mass is 360 g/mol. The minimum Gasteiger partial charge on any atom is -0.497 e. The smallest absolute Gasteiger partial charge is 0.269 e. The zero-order valence-corrected chi connectivity index (χ0v) is 15.1. The number of nitrogens with one attached hydrogen (secondary N) is 2. The van der Waals surface area contributed by atoms with Crippen molar-refractivity contribution in [3.05, 3.63) is 54.1 Å². The van der Waals surface area contributed by atoms with Crippen LogP contribution in [0.3, 0.4) is 0 Å². The van der Waals surface area contributed by atoms with E-state index in [-0.39, 0.29) is 11.2 Å². The van der Waals surface area contributed by atoms with Crippen LogP contribution in [0.5, 0.6) is 11.5 Å². The molecule has 0 saturated carbocycles. The maximum absolute atomic E-state index is 12.2. The number of carbonyl (C=O) groups excluding carboxylic acids is 2. The van der Waals surface area contributed by atoms with Crippen LogP contribution < -0.4 is 20.3 Å². The van der Waals surface area contributed by atoms with E-state index in [0.29, 0.717) is 17.1 Å². The summed E-state index contributed by atoms with van der Waals surface area (Å²) in [5, 5.41) is -0.359. The SMILES string of the molecule is COc1cc(OC)cc(C(=O)NNC(=O)[C@H](C)Sc2ccccc2)c1. The zero-order chi connectivity index (χ0) is 18.2. The molecule has 7 heteroatoms. The minimum atomic E-state index is -0.456. The third-order valence-electron chi connectivity index (χ3n) is 3.34. The van der Waals surface area contributed by atoms with Crippen LogP contribution in [0.4, 0.5) is 0 Å². The Labute approximate surface area is 150 Å². The largest absolute Gasteiger partial charge is 0.497 e. The molecule has 2 amide bonds. The number of hydrogen-bond donors (Lipinski definition) is 2. The van der Waals surface area contributed by atoms with Crippen LogP contribution in [0.15, 0.2) is 53.4 Å². The predicted molar refractivity (Wildman–Crippen MR) is 96.9 cm³/mol. The minimum absolute atomic E-state index is 0.294. The van der Waals surface area contributed by atoms with Crippen molar-refractivity contribution in [1.82, 2.24) is 10.9 Å². The molecule has 6 nitrogen and oxygen atoms in total. The van der Waals surface area contributed by atoms with E-state index < -0.39 is 5.91 Å². The van der Waals surface area contributed by atoms with Crippen molar-refractivity contribution >= 4 is 23.6 Å². The number of rotatable bonds is 6. The molecule has 0 aliphatic carbocycles. The highest BCUT2D eigenvalue weighted by atomic mass is 32.2. The van der Waals surface area contributed by atoms with Gasteiger partial charge in [-0.15, -0.1) is 11.8 Å². The fraction of sp³-hybridized carbons (Fsp3) is 0.222. The summed E-state index contributed by atoms with van der Waals surface area (Å²) in [5.41, 5.74) is 5.16. The third kappa shape index (κ3) is 5.42. The zero-order valence-electron chi connectivity index (χ0n) is 14.2. The predicted octanol–water partition coefficient (Wildman–Crippen LogP) is 2.65. The standard InChI is InChI=1S/C18H20N2O4S/c1-12(25-16-7-5-4-6-8-16)17(21)19-20-18(22)13-9-14(23-2)11-15(10-13)24-3/h4-12H,1-3H3,(H,19,21)(H,20,22)/t12-/m0/s1. The lowest BCUT2D eigenvalue weighted by Crippen LogP contribution is -2.44. The lowest BCUT2D eigenvalue weighted by atomic mass is 10.2. The van der Waals surface area contributed by atoms with Crippen molar-refractivity contribution in [2.75, 3.05) is 14.2 Å². The van der Waals surface area contributed by atoms with Gasteiger partial charge in [0.05, 0.1) is 19.5 Å². The van der Waals surface area contributed by atoms with Crippen LogP contribution >= 0.6 is 11.8 Å². The van der Waals surface area contributed by atoms with E-state index in [1.54, 1.807) is 25.1 Å². The average molecular weight is 360 g/mol. The molecule has 0 spiro atoms. The van der Waals surface area contributed by atoms with Gasteiger partial charge in [-0.2, -0.15) is 0 Å². The second-order valence-corrected chi connectivity index (χ2v) is 6.53. The van der Waals surface area contributed by atoms with Crippen LogP contribution in [0.25, 0.3) is 0 Å². The number of hydrogen-bond acceptors (Lipinski definition) is 5. The molecule has 2 N–H and O–H groups in total. The van der Waals surface area contributed by atoms with E-state index in [1.807, 2.05) is 30.3 Å². The van der Waals surface area contributed by atoms with Gasteiger partial charge in [-0.05, 0) is 31.2 Å². The number of benzene rings is 2. The molecule has 0 radical (unpaired) electrons. The molecule has 0 saturated heterocycles. The summed E-state index contributed by atoms with van der Waals surface area (Å²) in [5.74, 6) is 0.229. The molecule has 2 aromatic rings. The van der Waals surface area contributed by atoms with Crippen LogP contribution in [0, 0.1) is 0 Å². The Balaban J connectivity index is 1.93. The maximum atomic E-state index is 12.2. The Kier molecular flexibility index (Phi) is 6.71.